The van der Waals surface area contributed by atoms with Crippen molar-refractivity contribution >= 4 is 21.6 Å². The SMILES string of the molecule is C1=CCC(c2cc(-c3ccccc3)nc(-c3ccccc3-c3ccc(-c4nc(-c5ccccc5)cc(-c5ccccc5)n4)c(-c4ccc(-c5nc6ccccc6s5)cc4)c3)n2)C=C1. The summed E-state index contributed by atoms with van der Waals surface area (Å²) in [6, 6.07) is 67.4. The van der Waals surface area contributed by atoms with Gasteiger partial charge in [-0.05, 0) is 65.1 Å². The minimum Gasteiger partial charge on any atom is -0.236 e. The van der Waals surface area contributed by atoms with Crippen LogP contribution in [0.25, 0.3) is 99.6 Å². The molecule has 1 atom stereocenters. The quantitative estimate of drug-likeness (QED) is 0.145. The molecule has 0 aliphatic heterocycles. The minimum absolute atomic E-state index is 0.162. The molecule has 298 valence electrons. The Morgan fingerprint density at radius 2 is 0.921 bits per heavy atom. The zero-order valence-electron chi connectivity index (χ0n) is 34.2. The van der Waals surface area contributed by atoms with Crippen LogP contribution >= 0.6 is 11.3 Å². The van der Waals surface area contributed by atoms with Crippen molar-refractivity contribution in [1.29, 1.82) is 0 Å². The van der Waals surface area contributed by atoms with Crippen LogP contribution in [0.3, 0.4) is 0 Å². The van der Waals surface area contributed by atoms with E-state index in [0.717, 1.165) is 95.4 Å². The van der Waals surface area contributed by atoms with Gasteiger partial charge < -0.3 is 0 Å². The molecule has 0 amide bonds. The molecule has 0 N–H and O–H groups in total. The molecule has 1 unspecified atom stereocenters. The van der Waals surface area contributed by atoms with Crippen LogP contribution in [-0.4, -0.2) is 24.9 Å². The molecule has 0 saturated heterocycles. The topological polar surface area (TPSA) is 64.5 Å². The van der Waals surface area contributed by atoms with Gasteiger partial charge in [0.2, 0.25) is 0 Å². The van der Waals surface area contributed by atoms with Gasteiger partial charge in [-0.3, -0.25) is 0 Å². The molecule has 10 aromatic rings. The molecular formula is C57H39N5S. The van der Waals surface area contributed by atoms with E-state index >= 15 is 0 Å². The molecule has 11 rings (SSSR count). The number of hydrogen-bond acceptors (Lipinski definition) is 6. The Hall–Kier alpha value is -7.93. The second-order valence-corrected chi connectivity index (χ2v) is 16.6. The predicted molar refractivity (Wildman–Crippen MR) is 260 cm³/mol. The fourth-order valence-corrected chi connectivity index (χ4v) is 9.25. The van der Waals surface area contributed by atoms with E-state index in [-0.39, 0.29) is 5.92 Å². The van der Waals surface area contributed by atoms with Crippen LogP contribution in [-0.2, 0) is 0 Å². The number of allylic oxidation sites excluding steroid dienone is 4. The van der Waals surface area contributed by atoms with Crippen LogP contribution in [0.5, 0.6) is 0 Å². The van der Waals surface area contributed by atoms with Crippen LogP contribution in [0.15, 0.2) is 218 Å². The third-order valence-electron chi connectivity index (χ3n) is 11.5. The van der Waals surface area contributed by atoms with Gasteiger partial charge in [-0.2, -0.15) is 0 Å². The molecule has 7 aromatic carbocycles. The molecular weight excluding hydrogens is 787 g/mol. The number of hydrogen-bond donors (Lipinski definition) is 0. The van der Waals surface area contributed by atoms with Crippen molar-refractivity contribution in [3.63, 3.8) is 0 Å². The lowest BCUT2D eigenvalue weighted by atomic mass is 9.91. The molecule has 5 nitrogen and oxygen atoms in total. The molecule has 1 aliphatic rings. The first-order valence-corrected chi connectivity index (χ1v) is 22.0. The highest BCUT2D eigenvalue weighted by molar-refractivity contribution is 7.21. The minimum atomic E-state index is 0.162. The summed E-state index contributed by atoms with van der Waals surface area (Å²) in [5.41, 5.74) is 14.9. The maximum atomic E-state index is 5.29. The Labute approximate surface area is 370 Å². The van der Waals surface area contributed by atoms with Crippen molar-refractivity contribution < 1.29 is 0 Å². The number of nitrogens with zero attached hydrogens (tertiary/aromatic N) is 5. The van der Waals surface area contributed by atoms with E-state index in [1.54, 1.807) is 11.3 Å². The maximum Gasteiger partial charge on any atom is 0.161 e. The lowest BCUT2D eigenvalue weighted by Crippen LogP contribution is -2.04. The maximum absolute atomic E-state index is 5.29. The van der Waals surface area contributed by atoms with Crippen LogP contribution in [0.1, 0.15) is 18.0 Å². The van der Waals surface area contributed by atoms with Crippen molar-refractivity contribution in [2.75, 3.05) is 0 Å². The molecule has 0 fully saturated rings. The Kier molecular flexibility index (Phi) is 10.2. The molecule has 1 aliphatic carbocycles. The van der Waals surface area contributed by atoms with Crippen LogP contribution in [0, 0.1) is 0 Å². The van der Waals surface area contributed by atoms with Gasteiger partial charge in [0.15, 0.2) is 11.6 Å². The van der Waals surface area contributed by atoms with Gasteiger partial charge in [0, 0.05) is 39.3 Å². The number of fused-ring (bicyclic) bond motifs is 1. The number of aromatic nitrogens is 5. The number of thiazole rings is 1. The van der Waals surface area contributed by atoms with Crippen LogP contribution in [0.4, 0.5) is 0 Å². The number of benzene rings is 7. The van der Waals surface area contributed by atoms with Crippen molar-refractivity contribution in [2.24, 2.45) is 0 Å². The highest BCUT2D eigenvalue weighted by atomic mass is 32.1. The van der Waals surface area contributed by atoms with Crippen molar-refractivity contribution in [2.45, 2.75) is 12.3 Å². The van der Waals surface area contributed by atoms with Gasteiger partial charge in [0.25, 0.3) is 0 Å². The zero-order chi connectivity index (χ0) is 42.0. The molecule has 0 saturated carbocycles. The Bertz CT molecular complexity index is 3210. The van der Waals surface area contributed by atoms with Gasteiger partial charge in [-0.1, -0.05) is 182 Å². The average molecular weight is 826 g/mol. The molecule has 6 heteroatoms. The first kappa shape index (κ1) is 38.0. The number of rotatable bonds is 9. The lowest BCUT2D eigenvalue weighted by molar-refractivity contribution is 0.811. The van der Waals surface area contributed by atoms with E-state index in [2.05, 4.69) is 194 Å². The van der Waals surface area contributed by atoms with E-state index in [0.29, 0.717) is 11.6 Å². The summed E-state index contributed by atoms with van der Waals surface area (Å²) in [6.07, 6.45) is 9.55. The third kappa shape index (κ3) is 7.80. The van der Waals surface area contributed by atoms with Gasteiger partial charge in [-0.25, -0.2) is 24.9 Å². The largest absolute Gasteiger partial charge is 0.236 e. The standard InChI is InChI=1S/C57H39N5S/c1-5-17-39(18-6-1)50-36-51(40-19-7-2-8-20-40)59-55(58-50)46-26-14-13-25-45(46)44-33-34-47(48(35-44)38-29-31-43(32-30-38)57-62-49-27-15-16-28-54(49)63-57)56-60-52(41-21-9-3-10-22-41)37-53(61-56)42-23-11-4-12-24-42/h1-19,21-37,40H,20H2. The fraction of sp³-hybridized carbons (Fsp3) is 0.0351. The fourth-order valence-electron chi connectivity index (χ4n) is 8.28. The van der Waals surface area contributed by atoms with E-state index in [4.69, 9.17) is 24.9 Å². The van der Waals surface area contributed by atoms with Gasteiger partial charge in [0.1, 0.15) is 5.01 Å². The normalized spacial score (nSPS) is 13.4. The molecule has 0 spiro atoms. The number of para-hydroxylation sites is 1. The first-order valence-electron chi connectivity index (χ1n) is 21.2. The summed E-state index contributed by atoms with van der Waals surface area (Å²) in [4.78, 5) is 26.1. The van der Waals surface area contributed by atoms with E-state index in [9.17, 15) is 0 Å². The highest BCUT2D eigenvalue weighted by Crippen LogP contribution is 2.41. The van der Waals surface area contributed by atoms with Crippen molar-refractivity contribution in [1.82, 2.24) is 24.9 Å². The van der Waals surface area contributed by atoms with Crippen molar-refractivity contribution in [3.8, 4) is 89.4 Å². The van der Waals surface area contributed by atoms with E-state index < -0.39 is 0 Å². The van der Waals surface area contributed by atoms with E-state index in [1.165, 1.54) is 4.70 Å². The molecule has 0 radical (unpaired) electrons. The van der Waals surface area contributed by atoms with Gasteiger partial charge in [0.05, 0.1) is 33.0 Å². The Morgan fingerprint density at radius 3 is 1.56 bits per heavy atom. The molecule has 0 bridgehead atoms. The van der Waals surface area contributed by atoms with Crippen LogP contribution < -0.4 is 0 Å². The summed E-state index contributed by atoms with van der Waals surface area (Å²) < 4.78 is 1.17. The first-order chi connectivity index (χ1) is 31.2. The van der Waals surface area contributed by atoms with Gasteiger partial charge in [-0.15, -0.1) is 11.3 Å². The summed E-state index contributed by atoms with van der Waals surface area (Å²) in [5.74, 6) is 1.51. The third-order valence-corrected chi connectivity index (χ3v) is 12.6. The molecule has 63 heavy (non-hydrogen) atoms. The average Bonchev–Trinajstić information content (AvgIpc) is 3.82. The molecule has 3 heterocycles. The smallest absolute Gasteiger partial charge is 0.161 e. The monoisotopic (exact) mass is 825 g/mol. The van der Waals surface area contributed by atoms with Gasteiger partial charge >= 0.3 is 0 Å². The second kappa shape index (κ2) is 16.8. The van der Waals surface area contributed by atoms with Crippen molar-refractivity contribution in [3.05, 3.63) is 224 Å². The molecule has 3 aromatic heterocycles. The van der Waals surface area contributed by atoms with E-state index in [1.807, 2.05) is 24.3 Å². The highest BCUT2D eigenvalue weighted by Gasteiger charge is 2.20. The predicted octanol–water partition coefficient (Wildman–Crippen LogP) is 14.8. The summed E-state index contributed by atoms with van der Waals surface area (Å²) in [6.45, 7) is 0. The lowest BCUT2D eigenvalue weighted by Gasteiger charge is -2.18. The Morgan fingerprint density at radius 1 is 0.381 bits per heavy atom. The Balaban J connectivity index is 1.09. The second-order valence-electron chi connectivity index (χ2n) is 15.6. The zero-order valence-corrected chi connectivity index (χ0v) is 35.0. The summed E-state index contributed by atoms with van der Waals surface area (Å²) >= 11 is 1.71. The van der Waals surface area contributed by atoms with Crippen LogP contribution in [0.2, 0.25) is 0 Å². The summed E-state index contributed by atoms with van der Waals surface area (Å²) in [5, 5.41) is 0.994. The summed E-state index contributed by atoms with van der Waals surface area (Å²) in [7, 11) is 0.